The van der Waals surface area contributed by atoms with Crippen LogP contribution < -0.4 is 5.73 Å². The fourth-order valence-corrected chi connectivity index (χ4v) is 2.13. The van der Waals surface area contributed by atoms with E-state index < -0.39 is 0 Å². The lowest BCUT2D eigenvalue weighted by molar-refractivity contribution is -0.0145. The predicted octanol–water partition coefficient (Wildman–Crippen LogP) is 1.55. The summed E-state index contributed by atoms with van der Waals surface area (Å²) in [5.41, 5.74) is 7.74. The number of nitriles is 1. The van der Waals surface area contributed by atoms with E-state index in [2.05, 4.69) is 24.0 Å². The average Bonchev–Trinajstić information content (AvgIpc) is 2.38. The summed E-state index contributed by atoms with van der Waals surface area (Å²) < 4.78 is 5.34. The zero-order valence-corrected chi connectivity index (χ0v) is 9.97. The van der Waals surface area contributed by atoms with Crippen molar-refractivity contribution in [3.63, 3.8) is 0 Å². The van der Waals surface area contributed by atoms with Crippen LogP contribution in [0.15, 0.2) is 24.3 Å². The molecule has 4 heteroatoms. The topological polar surface area (TPSA) is 62.3 Å². The second kappa shape index (κ2) is 5.17. The normalized spacial score (nSPS) is 22.9. The largest absolute Gasteiger partial charge is 0.399 e. The Hall–Kier alpha value is -1.57. The number of rotatable bonds is 2. The number of hydrogen-bond donors (Lipinski definition) is 1. The molecule has 0 aromatic heterocycles. The SMILES string of the molecule is CC(c1cccc(N)c1)N1CCOC(C#N)C1. The summed E-state index contributed by atoms with van der Waals surface area (Å²) >= 11 is 0. The lowest BCUT2D eigenvalue weighted by Crippen LogP contribution is -2.42. The quantitative estimate of drug-likeness (QED) is 0.784. The number of benzene rings is 1. The van der Waals surface area contributed by atoms with Crippen LogP contribution in [0.2, 0.25) is 0 Å². The minimum Gasteiger partial charge on any atom is -0.399 e. The highest BCUT2D eigenvalue weighted by Crippen LogP contribution is 2.23. The maximum atomic E-state index is 8.88. The second-order valence-corrected chi connectivity index (χ2v) is 4.33. The number of nitrogen functional groups attached to an aromatic ring is 1. The van der Waals surface area contributed by atoms with Crippen LogP contribution in [0.25, 0.3) is 0 Å². The molecule has 0 saturated carbocycles. The van der Waals surface area contributed by atoms with Gasteiger partial charge < -0.3 is 10.5 Å². The summed E-state index contributed by atoms with van der Waals surface area (Å²) in [5.74, 6) is 0. The van der Waals surface area contributed by atoms with E-state index in [0.717, 1.165) is 12.2 Å². The smallest absolute Gasteiger partial charge is 0.156 e. The molecule has 0 bridgehead atoms. The maximum Gasteiger partial charge on any atom is 0.156 e. The number of anilines is 1. The van der Waals surface area contributed by atoms with Crippen molar-refractivity contribution in [3.05, 3.63) is 29.8 Å². The van der Waals surface area contributed by atoms with E-state index >= 15 is 0 Å². The van der Waals surface area contributed by atoms with E-state index in [1.807, 2.05) is 18.2 Å². The zero-order valence-electron chi connectivity index (χ0n) is 9.97. The Morgan fingerprint density at radius 3 is 3.12 bits per heavy atom. The van der Waals surface area contributed by atoms with Crippen molar-refractivity contribution < 1.29 is 4.74 Å². The van der Waals surface area contributed by atoms with E-state index in [1.165, 1.54) is 5.56 Å². The third kappa shape index (κ3) is 2.76. The molecule has 0 aliphatic carbocycles. The van der Waals surface area contributed by atoms with Crippen molar-refractivity contribution in [2.75, 3.05) is 25.4 Å². The molecule has 17 heavy (non-hydrogen) atoms. The van der Waals surface area contributed by atoms with Crippen LogP contribution in [-0.2, 0) is 4.74 Å². The Kier molecular flexibility index (Phi) is 3.62. The molecule has 0 spiro atoms. The van der Waals surface area contributed by atoms with Crippen LogP contribution in [-0.4, -0.2) is 30.7 Å². The Labute approximate surface area is 102 Å². The van der Waals surface area contributed by atoms with Gasteiger partial charge in [-0.25, -0.2) is 0 Å². The van der Waals surface area contributed by atoms with Gasteiger partial charge >= 0.3 is 0 Å². The van der Waals surface area contributed by atoms with Gasteiger partial charge in [0, 0.05) is 24.8 Å². The van der Waals surface area contributed by atoms with Gasteiger partial charge in [0.15, 0.2) is 6.10 Å². The molecule has 2 N–H and O–H groups in total. The predicted molar refractivity (Wildman–Crippen MR) is 66.2 cm³/mol. The first-order chi connectivity index (χ1) is 8.20. The Morgan fingerprint density at radius 2 is 2.41 bits per heavy atom. The van der Waals surface area contributed by atoms with Crippen molar-refractivity contribution in [2.45, 2.75) is 19.1 Å². The monoisotopic (exact) mass is 231 g/mol. The molecular formula is C13H17N3O. The third-order valence-electron chi connectivity index (χ3n) is 3.18. The molecule has 1 aromatic carbocycles. The minimum atomic E-state index is -0.313. The molecule has 2 atom stereocenters. The molecule has 2 rings (SSSR count). The van der Waals surface area contributed by atoms with Crippen molar-refractivity contribution in [3.8, 4) is 6.07 Å². The Morgan fingerprint density at radius 1 is 1.59 bits per heavy atom. The zero-order chi connectivity index (χ0) is 12.3. The fourth-order valence-electron chi connectivity index (χ4n) is 2.13. The summed E-state index contributed by atoms with van der Waals surface area (Å²) in [7, 11) is 0. The summed E-state index contributed by atoms with van der Waals surface area (Å²) in [5, 5.41) is 8.88. The molecule has 90 valence electrons. The van der Waals surface area contributed by atoms with E-state index in [4.69, 9.17) is 15.7 Å². The van der Waals surface area contributed by atoms with Gasteiger partial charge in [-0.05, 0) is 24.6 Å². The van der Waals surface area contributed by atoms with Gasteiger partial charge in [0.2, 0.25) is 0 Å². The highest BCUT2D eigenvalue weighted by molar-refractivity contribution is 5.41. The number of hydrogen-bond acceptors (Lipinski definition) is 4. The highest BCUT2D eigenvalue weighted by Gasteiger charge is 2.24. The van der Waals surface area contributed by atoms with E-state index in [9.17, 15) is 0 Å². The molecular weight excluding hydrogens is 214 g/mol. The van der Waals surface area contributed by atoms with Crippen LogP contribution >= 0.6 is 0 Å². The van der Waals surface area contributed by atoms with Gasteiger partial charge in [0.25, 0.3) is 0 Å². The molecule has 1 aliphatic heterocycles. The van der Waals surface area contributed by atoms with Crippen molar-refractivity contribution in [1.82, 2.24) is 4.90 Å². The lowest BCUT2D eigenvalue weighted by atomic mass is 10.1. The molecule has 1 aliphatic rings. The summed E-state index contributed by atoms with van der Waals surface area (Å²) in [6.07, 6.45) is -0.313. The standard InChI is InChI=1S/C13H17N3O/c1-10(11-3-2-4-12(15)7-11)16-5-6-17-13(8-14)9-16/h2-4,7,10,13H,5-6,9,15H2,1H3. The first kappa shape index (κ1) is 11.9. The fraction of sp³-hybridized carbons (Fsp3) is 0.462. The second-order valence-electron chi connectivity index (χ2n) is 4.33. The maximum absolute atomic E-state index is 8.88. The summed E-state index contributed by atoms with van der Waals surface area (Å²) in [6.45, 7) is 4.26. The van der Waals surface area contributed by atoms with Crippen LogP contribution in [0.1, 0.15) is 18.5 Å². The van der Waals surface area contributed by atoms with Gasteiger partial charge in [0.05, 0.1) is 12.7 Å². The van der Waals surface area contributed by atoms with Gasteiger partial charge in [-0.3, -0.25) is 4.90 Å². The Balaban J connectivity index is 2.09. The van der Waals surface area contributed by atoms with Crippen LogP contribution in [0, 0.1) is 11.3 Å². The van der Waals surface area contributed by atoms with Crippen molar-refractivity contribution in [2.24, 2.45) is 0 Å². The molecule has 4 nitrogen and oxygen atoms in total. The molecule has 0 amide bonds. The van der Waals surface area contributed by atoms with E-state index in [-0.39, 0.29) is 12.1 Å². The average molecular weight is 231 g/mol. The van der Waals surface area contributed by atoms with Gasteiger partial charge in [-0.15, -0.1) is 0 Å². The van der Waals surface area contributed by atoms with Crippen LogP contribution in [0.4, 0.5) is 5.69 Å². The minimum absolute atomic E-state index is 0.262. The number of nitrogens with two attached hydrogens (primary N) is 1. The molecule has 0 radical (unpaired) electrons. The molecule has 1 saturated heterocycles. The number of morpholine rings is 1. The third-order valence-corrected chi connectivity index (χ3v) is 3.18. The van der Waals surface area contributed by atoms with Crippen LogP contribution in [0.3, 0.4) is 0 Å². The number of nitrogens with zero attached hydrogens (tertiary/aromatic N) is 2. The van der Waals surface area contributed by atoms with E-state index in [0.29, 0.717) is 13.2 Å². The van der Waals surface area contributed by atoms with Gasteiger partial charge in [-0.2, -0.15) is 5.26 Å². The molecule has 1 heterocycles. The summed E-state index contributed by atoms with van der Waals surface area (Å²) in [4.78, 5) is 2.26. The lowest BCUT2D eigenvalue weighted by Gasteiger charge is -2.34. The first-order valence-electron chi connectivity index (χ1n) is 5.81. The molecule has 2 unspecified atom stereocenters. The van der Waals surface area contributed by atoms with E-state index in [1.54, 1.807) is 0 Å². The van der Waals surface area contributed by atoms with Crippen LogP contribution in [0.5, 0.6) is 0 Å². The van der Waals surface area contributed by atoms with Crippen molar-refractivity contribution in [1.29, 1.82) is 5.26 Å². The summed E-state index contributed by atoms with van der Waals surface area (Å²) in [6, 6.07) is 10.3. The molecule has 1 aromatic rings. The van der Waals surface area contributed by atoms with Gasteiger partial charge in [-0.1, -0.05) is 12.1 Å². The first-order valence-corrected chi connectivity index (χ1v) is 5.81. The molecule has 1 fully saturated rings. The Bertz CT molecular complexity index is 427. The highest BCUT2D eigenvalue weighted by atomic mass is 16.5. The van der Waals surface area contributed by atoms with Gasteiger partial charge in [0.1, 0.15) is 0 Å². The van der Waals surface area contributed by atoms with Crippen molar-refractivity contribution >= 4 is 5.69 Å². The number of ether oxygens (including phenoxy) is 1.